The fraction of sp³-hybridized carbons (Fsp3) is 0.524. The summed E-state index contributed by atoms with van der Waals surface area (Å²) in [4.78, 5) is 12.7. The molecule has 2 N–H and O–H groups in total. The Morgan fingerprint density at radius 1 is 1.21 bits per heavy atom. The maximum atomic E-state index is 4.49. The van der Waals surface area contributed by atoms with E-state index in [1.807, 2.05) is 7.05 Å². The SMILES string of the molecule is CN=C(NCc1sc(C)nc1C)NC1CCN(Cc2ccccc2C)CC1.I. The largest absolute Gasteiger partial charge is 0.354 e. The first kappa shape index (κ1) is 23.1. The lowest BCUT2D eigenvalue weighted by molar-refractivity contribution is 0.198. The van der Waals surface area contributed by atoms with Gasteiger partial charge in [-0.2, -0.15) is 0 Å². The number of aliphatic imine (C=N–C) groups is 1. The molecule has 7 heteroatoms. The van der Waals surface area contributed by atoms with E-state index in [9.17, 15) is 0 Å². The standard InChI is InChI=1S/C21H31N5S.HI/c1-15-7-5-6-8-18(15)14-26-11-9-19(10-12-26)25-21(22-4)23-13-20-16(2)24-17(3)27-20;/h5-8,19H,9-14H2,1-4H3,(H2,22,23,25);1H. The third kappa shape index (κ3) is 6.42. The highest BCUT2D eigenvalue weighted by Gasteiger charge is 2.20. The number of nitrogens with one attached hydrogen (secondary N) is 2. The number of aryl methyl sites for hydroxylation is 3. The summed E-state index contributed by atoms with van der Waals surface area (Å²) in [5.74, 6) is 0.887. The molecule has 0 radical (unpaired) electrons. The predicted molar refractivity (Wildman–Crippen MR) is 130 cm³/mol. The molecule has 2 heterocycles. The highest BCUT2D eigenvalue weighted by atomic mass is 127. The Morgan fingerprint density at radius 3 is 2.54 bits per heavy atom. The van der Waals surface area contributed by atoms with Gasteiger partial charge in [-0.05, 0) is 44.7 Å². The Balaban J connectivity index is 0.00000280. The fourth-order valence-corrected chi connectivity index (χ4v) is 4.43. The molecule has 1 aromatic heterocycles. The Kier molecular flexibility index (Phi) is 9.17. The van der Waals surface area contributed by atoms with Crippen LogP contribution in [0, 0.1) is 20.8 Å². The molecule has 1 aromatic carbocycles. The third-order valence-electron chi connectivity index (χ3n) is 5.22. The fourth-order valence-electron chi connectivity index (χ4n) is 3.55. The van der Waals surface area contributed by atoms with Crippen LogP contribution in [0.5, 0.6) is 0 Å². The topological polar surface area (TPSA) is 52.6 Å². The minimum absolute atomic E-state index is 0. The second-order valence-corrected chi connectivity index (χ2v) is 8.58. The van der Waals surface area contributed by atoms with E-state index < -0.39 is 0 Å². The lowest BCUT2D eigenvalue weighted by Crippen LogP contribution is -2.48. The van der Waals surface area contributed by atoms with Crippen molar-refractivity contribution in [3.63, 3.8) is 0 Å². The van der Waals surface area contributed by atoms with Gasteiger partial charge in [0, 0.05) is 37.6 Å². The molecule has 0 atom stereocenters. The van der Waals surface area contributed by atoms with Gasteiger partial charge in [0.1, 0.15) is 0 Å². The van der Waals surface area contributed by atoms with Gasteiger partial charge in [0.05, 0.1) is 17.2 Å². The number of halogens is 1. The second kappa shape index (κ2) is 11.1. The van der Waals surface area contributed by atoms with Crippen LogP contribution in [0.3, 0.4) is 0 Å². The van der Waals surface area contributed by atoms with Crippen LogP contribution < -0.4 is 10.6 Å². The molecule has 2 aromatic rings. The number of rotatable bonds is 5. The number of piperidine rings is 1. The van der Waals surface area contributed by atoms with E-state index in [0.29, 0.717) is 6.04 Å². The molecule has 1 aliphatic rings. The lowest BCUT2D eigenvalue weighted by Gasteiger charge is -2.33. The summed E-state index contributed by atoms with van der Waals surface area (Å²) in [5.41, 5.74) is 3.94. The molecule has 3 rings (SSSR count). The minimum Gasteiger partial charge on any atom is -0.354 e. The van der Waals surface area contributed by atoms with Gasteiger partial charge in [-0.3, -0.25) is 9.89 Å². The van der Waals surface area contributed by atoms with Crippen molar-refractivity contribution in [3.8, 4) is 0 Å². The van der Waals surface area contributed by atoms with E-state index in [1.165, 1.54) is 16.0 Å². The zero-order chi connectivity index (χ0) is 19.2. The predicted octanol–water partition coefficient (Wildman–Crippen LogP) is 4.02. The number of guanidine groups is 1. The van der Waals surface area contributed by atoms with Crippen LogP contribution in [0.25, 0.3) is 0 Å². The number of hydrogen-bond acceptors (Lipinski definition) is 4. The van der Waals surface area contributed by atoms with Crippen LogP contribution in [0.4, 0.5) is 0 Å². The first-order valence-corrected chi connectivity index (χ1v) is 10.5. The average Bonchev–Trinajstić information content (AvgIpc) is 2.99. The quantitative estimate of drug-likeness (QED) is 0.361. The molecule has 0 bridgehead atoms. The average molecular weight is 513 g/mol. The second-order valence-electron chi connectivity index (χ2n) is 7.29. The van der Waals surface area contributed by atoms with Gasteiger partial charge < -0.3 is 10.6 Å². The number of hydrogen-bond donors (Lipinski definition) is 2. The Labute approximate surface area is 190 Å². The molecular weight excluding hydrogens is 481 g/mol. The molecule has 0 spiro atoms. The molecule has 28 heavy (non-hydrogen) atoms. The highest BCUT2D eigenvalue weighted by Crippen LogP contribution is 2.17. The first-order valence-electron chi connectivity index (χ1n) is 9.72. The zero-order valence-electron chi connectivity index (χ0n) is 17.3. The summed E-state index contributed by atoms with van der Waals surface area (Å²) in [7, 11) is 1.84. The summed E-state index contributed by atoms with van der Waals surface area (Å²) in [5, 5.41) is 8.15. The third-order valence-corrected chi connectivity index (χ3v) is 6.30. The zero-order valence-corrected chi connectivity index (χ0v) is 20.4. The normalized spacial score (nSPS) is 15.9. The van der Waals surface area contributed by atoms with E-state index in [1.54, 1.807) is 11.3 Å². The van der Waals surface area contributed by atoms with Gasteiger partial charge in [0.15, 0.2) is 5.96 Å². The minimum atomic E-state index is 0. The van der Waals surface area contributed by atoms with Gasteiger partial charge in [0.25, 0.3) is 0 Å². The van der Waals surface area contributed by atoms with Crippen LogP contribution in [0.2, 0.25) is 0 Å². The van der Waals surface area contributed by atoms with E-state index in [2.05, 4.69) is 70.5 Å². The van der Waals surface area contributed by atoms with Crippen molar-refractivity contribution in [1.29, 1.82) is 0 Å². The van der Waals surface area contributed by atoms with Crippen LogP contribution in [0.1, 0.15) is 39.5 Å². The summed E-state index contributed by atoms with van der Waals surface area (Å²) in [6.45, 7) is 10.4. The summed E-state index contributed by atoms with van der Waals surface area (Å²) < 4.78 is 0. The van der Waals surface area contributed by atoms with Gasteiger partial charge in [-0.15, -0.1) is 35.3 Å². The van der Waals surface area contributed by atoms with Crippen LogP contribution in [-0.2, 0) is 13.1 Å². The van der Waals surface area contributed by atoms with Crippen molar-refractivity contribution in [1.82, 2.24) is 20.5 Å². The van der Waals surface area contributed by atoms with Gasteiger partial charge >= 0.3 is 0 Å². The van der Waals surface area contributed by atoms with Gasteiger partial charge in [0.2, 0.25) is 0 Å². The highest BCUT2D eigenvalue weighted by molar-refractivity contribution is 14.0. The molecule has 5 nitrogen and oxygen atoms in total. The van der Waals surface area contributed by atoms with E-state index in [-0.39, 0.29) is 24.0 Å². The van der Waals surface area contributed by atoms with Crippen LogP contribution in [-0.4, -0.2) is 42.0 Å². The van der Waals surface area contributed by atoms with Gasteiger partial charge in [-0.1, -0.05) is 24.3 Å². The van der Waals surface area contributed by atoms with Crippen molar-refractivity contribution in [3.05, 3.63) is 51.0 Å². The molecule has 1 saturated heterocycles. The molecule has 154 valence electrons. The monoisotopic (exact) mass is 513 g/mol. The molecule has 0 amide bonds. The lowest BCUT2D eigenvalue weighted by atomic mass is 10.0. The van der Waals surface area contributed by atoms with Gasteiger partial charge in [-0.25, -0.2) is 4.98 Å². The molecule has 0 aliphatic carbocycles. The summed E-state index contributed by atoms with van der Waals surface area (Å²) in [6, 6.07) is 9.18. The number of nitrogens with zero attached hydrogens (tertiary/aromatic N) is 3. The molecule has 1 fully saturated rings. The van der Waals surface area contributed by atoms with Crippen molar-refractivity contribution in [2.24, 2.45) is 4.99 Å². The number of benzene rings is 1. The number of likely N-dealkylation sites (tertiary alicyclic amines) is 1. The number of aromatic nitrogens is 1. The molecular formula is C21H32IN5S. The van der Waals surface area contributed by atoms with Crippen molar-refractivity contribution in [2.45, 2.75) is 52.7 Å². The Morgan fingerprint density at radius 2 is 1.93 bits per heavy atom. The summed E-state index contributed by atoms with van der Waals surface area (Å²) in [6.07, 6.45) is 2.29. The molecule has 0 unspecified atom stereocenters. The van der Waals surface area contributed by atoms with E-state index in [4.69, 9.17) is 0 Å². The van der Waals surface area contributed by atoms with E-state index >= 15 is 0 Å². The maximum absolute atomic E-state index is 4.49. The van der Waals surface area contributed by atoms with Crippen molar-refractivity contribution in [2.75, 3.05) is 20.1 Å². The van der Waals surface area contributed by atoms with Crippen LogP contribution in [0.15, 0.2) is 29.3 Å². The maximum Gasteiger partial charge on any atom is 0.191 e. The Hall–Kier alpha value is -1.19. The smallest absolute Gasteiger partial charge is 0.191 e. The van der Waals surface area contributed by atoms with Crippen LogP contribution >= 0.6 is 35.3 Å². The Bertz CT molecular complexity index is 781. The van der Waals surface area contributed by atoms with Crippen molar-refractivity contribution < 1.29 is 0 Å². The van der Waals surface area contributed by atoms with E-state index in [0.717, 1.165) is 55.7 Å². The summed E-state index contributed by atoms with van der Waals surface area (Å²) >= 11 is 1.75. The molecule has 1 aliphatic heterocycles. The van der Waals surface area contributed by atoms with Crippen molar-refractivity contribution >= 4 is 41.3 Å². The molecule has 0 saturated carbocycles. The number of thiazole rings is 1. The first-order chi connectivity index (χ1) is 13.0.